The highest BCUT2D eigenvalue weighted by atomic mass is 79.9. The largest absolute Gasteiger partial charge is 0.356 e. The van der Waals surface area contributed by atoms with Gasteiger partial charge in [0.15, 0.2) is 0 Å². The first-order chi connectivity index (χ1) is 9.90. The molecule has 0 aliphatic heterocycles. The van der Waals surface area contributed by atoms with Gasteiger partial charge in [0.1, 0.15) is 0 Å². The summed E-state index contributed by atoms with van der Waals surface area (Å²) in [7, 11) is 0. The number of benzene rings is 1. The maximum atomic E-state index is 11.9. The fourth-order valence-corrected chi connectivity index (χ4v) is 1.97. The lowest BCUT2D eigenvalue weighted by Gasteiger charge is -2.07. The van der Waals surface area contributed by atoms with Crippen molar-refractivity contribution in [3.05, 3.63) is 34.3 Å². The summed E-state index contributed by atoms with van der Waals surface area (Å²) in [6, 6.07) is 7.08. The Morgan fingerprint density at radius 1 is 1.29 bits per heavy atom. The van der Waals surface area contributed by atoms with E-state index >= 15 is 0 Å². The van der Waals surface area contributed by atoms with Crippen LogP contribution in [0.3, 0.4) is 0 Å². The third-order valence-corrected chi connectivity index (χ3v) is 3.28. The van der Waals surface area contributed by atoms with Gasteiger partial charge in [0.25, 0.3) is 5.91 Å². The van der Waals surface area contributed by atoms with Crippen molar-refractivity contribution in [1.82, 2.24) is 10.7 Å². The van der Waals surface area contributed by atoms with Gasteiger partial charge in [0.05, 0.1) is 12.0 Å². The highest BCUT2D eigenvalue weighted by molar-refractivity contribution is 9.10. The van der Waals surface area contributed by atoms with Crippen molar-refractivity contribution in [3.63, 3.8) is 0 Å². The molecule has 1 rings (SSSR count). The highest BCUT2D eigenvalue weighted by Crippen LogP contribution is 2.15. The van der Waals surface area contributed by atoms with E-state index in [0.717, 1.165) is 0 Å². The average molecular weight is 354 g/mol. The van der Waals surface area contributed by atoms with Crippen molar-refractivity contribution >= 4 is 33.5 Å². The summed E-state index contributed by atoms with van der Waals surface area (Å²) in [5.74, 6) is -0.00849. The van der Waals surface area contributed by atoms with Crippen LogP contribution in [0, 0.1) is 5.92 Å². The van der Waals surface area contributed by atoms with E-state index in [0.29, 0.717) is 28.2 Å². The normalized spacial score (nSPS) is 11.4. The molecular weight excluding hydrogens is 334 g/mol. The number of nitrogens with zero attached hydrogens (tertiary/aromatic N) is 1. The molecular formula is C15H20BrN3O2. The number of rotatable bonds is 6. The molecule has 1 aromatic rings. The smallest absolute Gasteiger partial charge is 0.272 e. The quantitative estimate of drug-likeness (QED) is 0.609. The van der Waals surface area contributed by atoms with E-state index in [1.807, 2.05) is 19.9 Å². The van der Waals surface area contributed by atoms with Crippen molar-refractivity contribution < 1.29 is 9.59 Å². The first kappa shape index (κ1) is 17.4. The summed E-state index contributed by atoms with van der Waals surface area (Å²) in [6.07, 6.45) is 0.170. The molecule has 6 heteroatoms. The molecule has 0 spiro atoms. The van der Waals surface area contributed by atoms with Crippen molar-refractivity contribution in [3.8, 4) is 0 Å². The molecule has 5 nitrogen and oxygen atoms in total. The molecule has 0 heterocycles. The summed E-state index contributed by atoms with van der Waals surface area (Å²) in [4.78, 5) is 23.5. The Kier molecular flexibility index (Phi) is 7.08. The van der Waals surface area contributed by atoms with Crippen LogP contribution in [0.25, 0.3) is 0 Å². The molecule has 0 fully saturated rings. The number of nitrogens with one attached hydrogen (secondary N) is 2. The third kappa shape index (κ3) is 6.53. The van der Waals surface area contributed by atoms with Gasteiger partial charge >= 0.3 is 0 Å². The topological polar surface area (TPSA) is 70.6 Å². The molecule has 0 saturated heterocycles. The van der Waals surface area contributed by atoms with E-state index in [2.05, 4.69) is 31.8 Å². The number of hydrogen-bond donors (Lipinski definition) is 2. The van der Waals surface area contributed by atoms with E-state index in [9.17, 15) is 9.59 Å². The van der Waals surface area contributed by atoms with Crippen LogP contribution in [-0.4, -0.2) is 24.1 Å². The van der Waals surface area contributed by atoms with Gasteiger partial charge in [0.2, 0.25) is 5.91 Å². The Labute approximate surface area is 133 Å². The van der Waals surface area contributed by atoms with E-state index in [1.165, 1.54) is 0 Å². The minimum Gasteiger partial charge on any atom is -0.356 e. The van der Waals surface area contributed by atoms with Crippen LogP contribution in [0.2, 0.25) is 0 Å². The Bertz CT molecular complexity index is 541. The predicted octanol–water partition coefficient (Wildman–Crippen LogP) is 2.72. The van der Waals surface area contributed by atoms with Crippen molar-refractivity contribution in [2.24, 2.45) is 11.0 Å². The zero-order valence-electron chi connectivity index (χ0n) is 12.4. The molecule has 0 aliphatic carbocycles. The van der Waals surface area contributed by atoms with Gasteiger partial charge in [-0.1, -0.05) is 26.0 Å². The summed E-state index contributed by atoms with van der Waals surface area (Å²) in [5.41, 5.74) is 3.50. The van der Waals surface area contributed by atoms with Gasteiger partial charge in [-0.15, -0.1) is 0 Å². The van der Waals surface area contributed by atoms with Gasteiger partial charge < -0.3 is 5.32 Å². The van der Waals surface area contributed by atoms with Crippen molar-refractivity contribution in [1.29, 1.82) is 0 Å². The average Bonchev–Trinajstić information content (AvgIpc) is 2.43. The lowest BCUT2D eigenvalue weighted by molar-refractivity contribution is -0.120. The highest BCUT2D eigenvalue weighted by Gasteiger charge is 2.09. The molecule has 21 heavy (non-hydrogen) atoms. The lowest BCUT2D eigenvalue weighted by atomic mass is 10.2. The standard InChI is InChI=1S/C15H20BrN3O2/c1-10(2)9-17-14(20)8-11(3)18-19-15(21)12-6-4-5-7-13(12)16/h4-7,10H,8-9H2,1-3H3,(H,17,20)(H,19,21)/b18-11-. The number of halogens is 1. The number of amides is 2. The Morgan fingerprint density at radius 2 is 1.95 bits per heavy atom. The fourth-order valence-electron chi connectivity index (χ4n) is 1.50. The molecule has 0 bridgehead atoms. The Balaban J connectivity index is 2.50. The fraction of sp³-hybridized carbons (Fsp3) is 0.400. The van der Waals surface area contributed by atoms with E-state index in [4.69, 9.17) is 0 Å². The first-order valence-electron chi connectivity index (χ1n) is 6.75. The van der Waals surface area contributed by atoms with Gasteiger partial charge in [-0.3, -0.25) is 9.59 Å². The molecule has 1 aromatic carbocycles. The Morgan fingerprint density at radius 3 is 2.57 bits per heavy atom. The summed E-state index contributed by atoms with van der Waals surface area (Å²) in [6.45, 7) is 6.39. The zero-order valence-corrected chi connectivity index (χ0v) is 14.0. The minimum absolute atomic E-state index is 0.0971. The molecule has 0 saturated carbocycles. The molecule has 2 amide bonds. The van der Waals surface area contributed by atoms with E-state index < -0.39 is 0 Å². The van der Waals surface area contributed by atoms with Gasteiger partial charge in [0, 0.05) is 16.7 Å². The molecule has 114 valence electrons. The number of carbonyl (C=O) groups is 2. The number of hydrazone groups is 1. The monoisotopic (exact) mass is 353 g/mol. The van der Waals surface area contributed by atoms with Crippen molar-refractivity contribution in [2.45, 2.75) is 27.2 Å². The van der Waals surface area contributed by atoms with Crippen LogP contribution in [-0.2, 0) is 4.79 Å². The Hall–Kier alpha value is -1.69. The minimum atomic E-state index is -0.315. The SMILES string of the molecule is C/C(CC(=O)NCC(C)C)=N/NC(=O)c1ccccc1Br. The second kappa shape index (κ2) is 8.56. The van der Waals surface area contributed by atoms with Crippen LogP contribution < -0.4 is 10.7 Å². The summed E-state index contributed by atoms with van der Waals surface area (Å²) in [5, 5.41) is 6.75. The molecule has 0 unspecified atom stereocenters. The molecule has 0 aliphatic rings. The van der Waals surface area contributed by atoms with E-state index in [-0.39, 0.29) is 18.2 Å². The molecule has 0 radical (unpaired) electrons. The van der Waals surface area contributed by atoms with Crippen molar-refractivity contribution in [2.75, 3.05) is 6.54 Å². The van der Waals surface area contributed by atoms with Gasteiger partial charge in [-0.2, -0.15) is 5.10 Å². The summed E-state index contributed by atoms with van der Waals surface area (Å²) >= 11 is 3.30. The number of carbonyl (C=O) groups excluding carboxylic acids is 2. The van der Waals surface area contributed by atoms with Crippen LogP contribution in [0.15, 0.2) is 33.8 Å². The van der Waals surface area contributed by atoms with Crippen LogP contribution in [0.5, 0.6) is 0 Å². The maximum absolute atomic E-state index is 11.9. The van der Waals surface area contributed by atoms with Gasteiger partial charge in [-0.25, -0.2) is 5.43 Å². The summed E-state index contributed by atoms with van der Waals surface area (Å²) < 4.78 is 0.699. The number of hydrogen-bond acceptors (Lipinski definition) is 3. The van der Waals surface area contributed by atoms with Gasteiger partial charge in [-0.05, 0) is 40.9 Å². The van der Waals surface area contributed by atoms with Crippen LogP contribution in [0.4, 0.5) is 0 Å². The van der Waals surface area contributed by atoms with Crippen LogP contribution >= 0.6 is 15.9 Å². The second-order valence-corrected chi connectivity index (χ2v) is 6.00. The molecule has 2 N–H and O–H groups in total. The predicted molar refractivity (Wildman–Crippen MR) is 87.2 cm³/mol. The third-order valence-electron chi connectivity index (χ3n) is 2.59. The first-order valence-corrected chi connectivity index (χ1v) is 7.54. The zero-order chi connectivity index (χ0) is 15.8. The maximum Gasteiger partial charge on any atom is 0.272 e. The van der Waals surface area contributed by atoms with E-state index in [1.54, 1.807) is 25.1 Å². The second-order valence-electron chi connectivity index (χ2n) is 5.14. The molecule has 0 aromatic heterocycles. The lowest BCUT2D eigenvalue weighted by Crippen LogP contribution is -2.29. The molecule has 0 atom stereocenters. The van der Waals surface area contributed by atoms with Crippen LogP contribution in [0.1, 0.15) is 37.6 Å².